The van der Waals surface area contributed by atoms with Gasteiger partial charge in [-0.25, -0.2) is 4.98 Å². The third-order valence-corrected chi connectivity index (χ3v) is 4.61. The number of nitrogens with zero attached hydrogens (tertiary/aromatic N) is 3. The van der Waals surface area contributed by atoms with Crippen LogP contribution in [0.3, 0.4) is 0 Å². The van der Waals surface area contributed by atoms with Crippen LogP contribution in [0, 0.1) is 20.8 Å². The lowest BCUT2D eigenvalue weighted by atomic mass is 10.2. The van der Waals surface area contributed by atoms with E-state index in [0.717, 1.165) is 36.0 Å². The Morgan fingerprint density at radius 2 is 1.66 bits per heavy atom. The van der Waals surface area contributed by atoms with Crippen LogP contribution in [0.1, 0.15) is 41.4 Å². The molecule has 29 heavy (non-hydrogen) atoms. The molecule has 0 saturated heterocycles. The molecule has 3 aromatic rings. The van der Waals surface area contributed by atoms with Crippen LogP contribution < -0.4 is 15.5 Å². The predicted octanol–water partition coefficient (Wildman–Crippen LogP) is 4.84. The van der Waals surface area contributed by atoms with Crippen molar-refractivity contribution in [3.8, 4) is 0 Å². The van der Waals surface area contributed by atoms with E-state index in [1.54, 1.807) is 13.0 Å². The van der Waals surface area contributed by atoms with Crippen molar-refractivity contribution >= 4 is 29.0 Å². The topological polar surface area (TPSA) is 83.3 Å². The molecule has 0 atom stereocenters. The molecule has 152 valence electrons. The minimum atomic E-state index is -0.189. The number of hydrogen-bond donors (Lipinski definition) is 2. The highest BCUT2D eigenvalue weighted by Crippen LogP contribution is 2.21. The van der Waals surface area contributed by atoms with E-state index in [1.807, 2.05) is 44.2 Å². The number of carbonyl (C=O) groups is 1. The van der Waals surface area contributed by atoms with Crippen molar-refractivity contribution in [1.29, 1.82) is 0 Å². The summed E-state index contributed by atoms with van der Waals surface area (Å²) >= 11 is 0. The molecular weight excluding hydrogens is 366 g/mol. The van der Waals surface area contributed by atoms with Crippen molar-refractivity contribution < 1.29 is 9.21 Å². The van der Waals surface area contributed by atoms with E-state index in [-0.39, 0.29) is 5.91 Å². The first kappa shape index (κ1) is 20.4. The van der Waals surface area contributed by atoms with Crippen LogP contribution in [-0.4, -0.2) is 29.0 Å². The number of carbonyl (C=O) groups excluding carboxylic acids is 1. The molecule has 0 fully saturated rings. The van der Waals surface area contributed by atoms with Crippen LogP contribution in [-0.2, 0) is 0 Å². The standard InChI is InChI=1S/C22H27N5O2/c1-6-27(7-2)20-12-14(3)23-22(26-20)25-18-10-8-17(9-11-18)24-21(28)19-13-15(4)29-16(19)5/h8-13H,6-7H2,1-5H3,(H,24,28)(H,23,25,26). The van der Waals surface area contributed by atoms with Gasteiger partial charge in [-0.05, 0) is 65.0 Å². The molecule has 7 heteroatoms. The van der Waals surface area contributed by atoms with Crippen molar-refractivity contribution in [3.63, 3.8) is 0 Å². The Morgan fingerprint density at radius 3 is 2.24 bits per heavy atom. The van der Waals surface area contributed by atoms with E-state index in [0.29, 0.717) is 23.0 Å². The molecule has 0 saturated carbocycles. The third kappa shape index (κ3) is 4.93. The number of aryl methyl sites for hydroxylation is 3. The summed E-state index contributed by atoms with van der Waals surface area (Å²) in [6, 6.07) is 11.2. The van der Waals surface area contributed by atoms with Crippen LogP contribution in [0.25, 0.3) is 0 Å². The number of hydrogen-bond acceptors (Lipinski definition) is 6. The fourth-order valence-corrected chi connectivity index (χ4v) is 3.14. The molecule has 2 heterocycles. The molecule has 0 aliphatic carbocycles. The Balaban J connectivity index is 1.71. The summed E-state index contributed by atoms with van der Waals surface area (Å²) in [6.45, 7) is 11.5. The molecule has 3 rings (SSSR count). The highest BCUT2D eigenvalue weighted by atomic mass is 16.3. The summed E-state index contributed by atoms with van der Waals surface area (Å²) < 4.78 is 5.42. The molecular formula is C22H27N5O2. The summed E-state index contributed by atoms with van der Waals surface area (Å²) in [4.78, 5) is 23.7. The second-order valence-electron chi connectivity index (χ2n) is 6.85. The van der Waals surface area contributed by atoms with Gasteiger partial charge >= 0.3 is 0 Å². The number of aromatic nitrogens is 2. The highest BCUT2D eigenvalue weighted by molar-refractivity contribution is 6.05. The van der Waals surface area contributed by atoms with Crippen molar-refractivity contribution in [1.82, 2.24) is 9.97 Å². The second-order valence-corrected chi connectivity index (χ2v) is 6.85. The number of amides is 1. The Bertz CT molecular complexity index is 991. The average molecular weight is 393 g/mol. The van der Waals surface area contributed by atoms with Crippen LogP contribution >= 0.6 is 0 Å². The Morgan fingerprint density at radius 1 is 1.00 bits per heavy atom. The molecule has 1 aromatic carbocycles. The lowest BCUT2D eigenvalue weighted by Crippen LogP contribution is -2.23. The predicted molar refractivity (Wildman–Crippen MR) is 116 cm³/mol. The number of anilines is 4. The maximum Gasteiger partial charge on any atom is 0.259 e. The zero-order valence-electron chi connectivity index (χ0n) is 17.5. The average Bonchev–Trinajstić information content (AvgIpc) is 3.02. The van der Waals surface area contributed by atoms with Crippen LogP contribution in [0.4, 0.5) is 23.1 Å². The van der Waals surface area contributed by atoms with Crippen LogP contribution in [0.5, 0.6) is 0 Å². The summed E-state index contributed by atoms with van der Waals surface area (Å²) in [7, 11) is 0. The number of nitrogens with one attached hydrogen (secondary N) is 2. The number of furan rings is 1. The van der Waals surface area contributed by atoms with Crippen molar-refractivity contribution in [3.05, 3.63) is 59.2 Å². The lowest BCUT2D eigenvalue weighted by molar-refractivity contribution is 0.102. The maximum absolute atomic E-state index is 12.4. The lowest BCUT2D eigenvalue weighted by Gasteiger charge is -2.20. The molecule has 0 radical (unpaired) electrons. The van der Waals surface area contributed by atoms with Gasteiger partial charge in [0.1, 0.15) is 17.3 Å². The summed E-state index contributed by atoms with van der Waals surface area (Å²) in [5.41, 5.74) is 2.99. The Hall–Kier alpha value is -3.35. The van der Waals surface area contributed by atoms with Crippen molar-refractivity contribution in [2.75, 3.05) is 28.6 Å². The van der Waals surface area contributed by atoms with Gasteiger partial charge in [-0.3, -0.25) is 4.79 Å². The summed E-state index contributed by atoms with van der Waals surface area (Å²) in [5.74, 6) is 2.59. The minimum Gasteiger partial charge on any atom is -0.466 e. The van der Waals surface area contributed by atoms with Gasteiger partial charge in [-0.15, -0.1) is 0 Å². The molecule has 7 nitrogen and oxygen atoms in total. The highest BCUT2D eigenvalue weighted by Gasteiger charge is 2.14. The van der Waals surface area contributed by atoms with E-state index < -0.39 is 0 Å². The molecule has 0 spiro atoms. The summed E-state index contributed by atoms with van der Waals surface area (Å²) in [6.07, 6.45) is 0. The molecule has 0 aliphatic rings. The van der Waals surface area contributed by atoms with Gasteiger partial charge in [0.15, 0.2) is 0 Å². The van der Waals surface area contributed by atoms with Gasteiger partial charge < -0.3 is 20.0 Å². The largest absolute Gasteiger partial charge is 0.466 e. The molecule has 0 bridgehead atoms. The SMILES string of the molecule is CCN(CC)c1cc(C)nc(Nc2ccc(NC(=O)c3cc(C)oc3C)cc2)n1. The van der Waals surface area contributed by atoms with Crippen LogP contribution in [0.2, 0.25) is 0 Å². The molecule has 0 aliphatic heterocycles. The van der Waals surface area contributed by atoms with Gasteiger partial charge in [0.25, 0.3) is 5.91 Å². The normalized spacial score (nSPS) is 10.7. The maximum atomic E-state index is 12.4. The van der Waals surface area contributed by atoms with E-state index in [1.165, 1.54) is 0 Å². The zero-order valence-corrected chi connectivity index (χ0v) is 17.5. The van der Waals surface area contributed by atoms with Gasteiger partial charge in [0, 0.05) is 36.2 Å². The summed E-state index contributed by atoms with van der Waals surface area (Å²) in [5, 5.41) is 6.12. The van der Waals surface area contributed by atoms with Gasteiger partial charge in [-0.2, -0.15) is 4.98 Å². The quantitative estimate of drug-likeness (QED) is 0.598. The smallest absolute Gasteiger partial charge is 0.259 e. The molecule has 2 N–H and O–H groups in total. The Labute approximate surface area is 171 Å². The fourth-order valence-electron chi connectivity index (χ4n) is 3.14. The first-order valence-corrected chi connectivity index (χ1v) is 9.75. The van der Waals surface area contributed by atoms with Crippen LogP contribution in [0.15, 0.2) is 40.8 Å². The second kappa shape index (κ2) is 8.77. The monoisotopic (exact) mass is 393 g/mol. The van der Waals surface area contributed by atoms with E-state index in [2.05, 4.69) is 39.3 Å². The van der Waals surface area contributed by atoms with Gasteiger partial charge in [-0.1, -0.05) is 0 Å². The van der Waals surface area contributed by atoms with Crippen molar-refractivity contribution in [2.45, 2.75) is 34.6 Å². The van der Waals surface area contributed by atoms with Crippen molar-refractivity contribution in [2.24, 2.45) is 0 Å². The first-order chi connectivity index (χ1) is 13.9. The zero-order chi connectivity index (χ0) is 21.0. The molecule has 2 aromatic heterocycles. The Kier molecular flexibility index (Phi) is 6.16. The molecule has 0 unspecified atom stereocenters. The van der Waals surface area contributed by atoms with E-state index in [9.17, 15) is 4.79 Å². The first-order valence-electron chi connectivity index (χ1n) is 9.75. The number of benzene rings is 1. The molecule has 1 amide bonds. The third-order valence-electron chi connectivity index (χ3n) is 4.61. The minimum absolute atomic E-state index is 0.189. The van der Waals surface area contributed by atoms with Gasteiger partial charge in [0.05, 0.1) is 5.56 Å². The fraction of sp³-hybridized carbons (Fsp3) is 0.318. The van der Waals surface area contributed by atoms with E-state index in [4.69, 9.17) is 4.42 Å². The van der Waals surface area contributed by atoms with E-state index >= 15 is 0 Å². The van der Waals surface area contributed by atoms with Gasteiger partial charge in [0.2, 0.25) is 5.95 Å². The number of rotatable bonds is 7.